The molecule has 1 amide bonds. The minimum absolute atomic E-state index is 0.311. The second kappa shape index (κ2) is 7.25. The Hall–Kier alpha value is -3.32. The molecule has 6 nitrogen and oxygen atoms in total. The molecule has 0 unspecified atom stereocenters. The van der Waals surface area contributed by atoms with Gasteiger partial charge in [-0.3, -0.25) is 9.78 Å². The number of fused-ring (bicyclic) bond motifs is 1. The second-order valence-corrected chi connectivity index (χ2v) is 7.92. The number of benzene rings is 1. The van der Waals surface area contributed by atoms with Gasteiger partial charge in [0.25, 0.3) is 0 Å². The van der Waals surface area contributed by atoms with Crippen molar-refractivity contribution in [2.24, 2.45) is 5.73 Å². The van der Waals surface area contributed by atoms with Gasteiger partial charge < -0.3 is 10.6 Å². The Balaban J connectivity index is 1.76. The molecule has 0 aliphatic carbocycles. The first-order valence-corrected chi connectivity index (χ1v) is 10.4. The van der Waals surface area contributed by atoms with Gasteiger partial charge in [-0.15, -0.1) is 11.3 Å². The van der Waals surface area contributed by atoms with Gasteiger partial charge in [-0.25, -0.2) is 9.97 Å². The van der Waals surface area contributed by atoms with E-state index in [1.54, 1.807) is 23.7 Å². The number of hydrogen-bond acceptors (Lipinski definition) is 6. The van der Waals surface area contributed by atoms with Crippen LogP contribution in [-0.4, -0.2) is 33.4 Å². The molecule has 1 saturated heterocycles. The average Bonchev–Trinajstić information content (AvgIpc) is 3.42. The zero-order valence-electron chi connectivity index (χ0n) is 15.7. The van der Waals surface area contributed by atoms with Crippen LogP contribution in [0.3, 0.4) is 0 Å². The van der Waals surface area contributed by atoms with Crippen LogP contribution in [0.2, 0.25) is 0 Å². The first-order valence-electron chi connectivity index (χ1n) is 9.53. The highest BCUT2D eigenvalue weighted by molar-refractivity contribution is 7.17. The van der Waals surface area contributed by atoms with Crippen LogP contribution < -0.4 is 10.6 Å². The molecule has 144 valence electrons. The van der Waals surface area contributed by atoms with Crippen molar-refractivity contribution < 1.29 is 4.79 Å². The zero-order valence-corrected chi connectivity index (χ0v) is 16.5. The molecule has 0 saturated carbocycles. The molecule has 2 N–H and O–H groups in total. The number of carbonyl (C=O) groups is 1. The Morgan fingerprint density at radius 1 is 1.10 bits per heavy atom. The van der Waals surface area contributed by atoms with E-state index >= 15 is 0 Å². The molecule has 1 atom stereocenters. The molecular weight excluding hydrogens is 382 g/mol. The first-order chi connectivity index (χ1) is 14.2. The lowest BCUT2D eigenvalue weighted by atomic mass is 10.1. The lowest BCUT2D eigenvalue weighted by Gasteiger charge is -2.25. The van der Waals surface area contributed by atoms with E-state index in [-0.39, 0.29) is 11.9 Å². The fraction of sp³-hybridized carbons (Fsp3) is 0.182. The highest BCUT2D eigenvalue weighted by Crippen LogP contribution is 2.41. The van der Waals surface area contributed by atoms with E-state index in [1.165, 1.54) is 0 Å². The number of rotatable bonds is 4. The summed E-state index contributed by atoms with van der Waals surface area (Å²) in [5.41, 5.74) is 8.74. The number of hydrogen-bond donors (Lipinski definition) is 1. The summed E-state index contributed by atoms with van der Waals surface area (Å²) in [5, 5.41) is 3.09. The molecular formula is C22H19N5OS. The molecule has 1 aromatic carbocycles. The zero-order chi connectivity index (χ0) is 19.8. The largest absolute Gasteiger partial charge is 0.368 e. The van der Waals surface area contributed by atoms with Crippen molar-refractivity contribution in [2.75, 3.05) is 11.4 Å². The van der Waals surface area contributed by atoms with Gasteiger partial charge in [0, 0.05) is 35.4 Å². The Labute approximate surface area is 172 Å². The summed E-state index contributed by atoms with van der Waals surface area (Å²) in [6, 6.07) is 13.7. The third-order valence-corrected chi connectivity index (χ3v) is 6.14. The van der Waals surface area contributed by atoms with Crippen molar-refractivity contribution in [2.45, 2.75) is 18.9 Å². The van der Waals surface area contributed by atoms with E-state index in [4.69, 9.17) is 15.7 Å². The molecule has 0 radical (unpaired) electrons. The molecule has 4 aromatic rings. The van der Waals surface area contributed by atoms with Gasteiger partial charge in [0.2, 0.25) is 5.91 Å². The molecule has 7 heteroatoms. The lowest BCUT2D eigenvalue weighted by Crippen LogP contribution is -2.40. The number of nitrogens with zero attached hydrogens (tertiary/aromatic N) is 4. The van der Waals surface area contributed by atoms with Crippen molar-refractivity contribution in [3.8, 4) is 22.5 Å². The Bertz CT molecular complexity index is 1180. The standard InChI is InChI=1S/C22H19N5OS/c23-19(28)17-9-5-11-27(17)21-18-16(14-6-2-1-3-7-14)13-29-22(18)26-20(25-21)15-8-4-10-24-12-15/h1-4,6-8,10,12-13,17H,5,9,11H2,(H2,23,28)/t17-/m1/s1. The summed E-state index contributed by atoms with van der Waals surface area (Å²) in [4.78, 5) is 29.0. The Morgan fingerprint density at radius 3 is 2.69 bits per heavy atom. The van der Waals surface area contributed by atoms with Crippen LogP contribution in [0, 0.1) is 0 Å². The van der Waals surface area contributed by atoms with E-state index in [1.807, 2.05) is 35.2 Å². The van der Waals surface area contributed by atoms with E-state index in [0.29, 0.717) is 5.82 Å². The monoisotopic (exact) mass is 401 g/mol. The number of anilines is 1. The number of nitrogens with two attached hydrogens (primary N) is 1. The number of thiophene rings is 1. The van der Waals surface area contributed by atoms with E-state index in [0.717, 1.165) is 52.1 Å². The quantitative estimate of drug-likeness (QED) is 0.561. The Kier molecular flexibility index (Phi) is 4.44. The maximum Gasteiger partial charge on any atom is 0.240 e. The van der Waals surface area contributed by atoms with Gasteiger partial charge in [0.1, 0.15) is 16.7 Å². The molecule has 5 rings (SSSR count). The van der Waals surface area contributed by atoms with Crippen LogP contribution in [0.15, 0.2) is 60.2 Å². The summed E-state index contributed by atoms with van der Waals surface area (Å²) in [6.07, 6.45) is 5.14. The first kappa shape index (κ1) is 17.8. The molecule has 1 fully saturated rings. The second-order valence-electron chi connectivity index (χ2n) is 7.06. The lowest BCUT2D eigenvalue weighted by molar-refractivity contribution is -0.119. The van der Waals surface area contributed by atoms with Crippen molar-refractivity contribution in [3.05, 3.63) is 60.2 Å². The predicted octanol–water partition coefficient (Wildman–Crippen LogP) is 3.87. The summed E-state index contributed by atoms with van der Waals surface area (Å²) >= 11 is 1.59. The van der Waals surface area contributed by atoms with E-state index in [2.05, 4.69) is 22.5 Å². The van der Waals surface area contributed by atoms with Gasteiger partial charge in [0.15, 0.2) is 5.82 Å². The summed E-state index contributed by atoms with van der Waals surface area (Å²) in [5.74, 6) is 1.07. The summed E-state index contributed by atoms with van der Waals surface area (Å²) in [6.45, 7) is 0.746. The van der Waals surface area contributed by atoms with Crippen molar-refractivity contribution in [1.29, 1.82) is 0 Å². The summed E-state index contributed by atoms with van der Waals surface area (Å²) in [7, 11) is 0. The fourth-order valence-corrected chi connectivity index (χ4v) is 4.84. The minimum atomic E-state index is -0.349. The maximum absolute atomic E-state index is 12.1. The molecule has 0 spiro atoms. The molecule has 0 bridgehead atoms. The normalized spacial score (nSPS) is 16.4. The molecule has 4 heterocycles. The van der Waals surface area contributed by atoms with Crippen molar-refractivity contribution in [3.63, 3.8) is 0 Å². The van der Waals surface area contributed by atoms with Crippen molar-refractivity contribution >= 4 is 33.3 Å². The van der Waals surface area contributed by atoms with Crippen LogP contribution in [0.1, 0.15) is 12.8 Å². The molecule has 29 heavy (non-hydrogen) atoms. The number of pyridine rings is 1. The predicted molar refractivity (Wildman–Crippen MR) is 116 cm³/mol. The minimum Gasteiger partial charge on any atom is -0.368 e. The fourth-order valence-electron chi connectivity index (χ4n) is 3.90. The third kappa shape index (κ3) is 3.13. The SMILES string of the molecule is NC(=O)[C@H]1CCCN1c1nc(-c2cccnc2)nc2scc(-c3ccccc3)c12. The smallest absolute Gasteiger partial charge is 0.240 e. The number of aromatic nitrogens is 3. The average molecular weight is 401 g/mol. The van der Waals surface area contributed by atoms with Gasteiger partial charge >= 0.3 is 0 Å². The van der Waals surface area contributed by atoms with Crippen LogP contribution in [0.5, 0.6) is 0 Å². The third-order valence-electron chi connectivity index (χ3n) is 5.27. The van der Waals surface area contributed by atoms with Gasteiger partial charge in [-0.2, -0.15) is 0 Å². The highest BCUT2D eigenvalue weighted by Gasteiger charge is 2.32. The van der Waals surface area contributed by atoms with E-state index < -0.39 is 0 Å². The molecule has 3 aromatic heterocycles. The molecule has 1 aliphatic heterocycles. The van der Waals surface area contributed by atoms with Crippen LogP contribution >= 0.6 is 11.3 Å². The number of amides is 1. The van der Waals surface area contributed by atoms with Gasteiger partial charge in [0.05, 0.1) is 5.39 Å². The summed E-state index contributed by atoms with van der Waals surface area (Å²) < 4.78 is 0. The van der Waals surface area contributed by atoms with Gasteiger partial charge in [-0.05, 0) is 30.5 Å². The van der Waals surface area contributed by atoms with Crippen LogP contribution in [-0.2, 0) is 4.79 Å². The van der Waals surface area contributed by atoms with Crippen LogP contribution in [0.25, 0.3) is 32.7 Å². The van der Waals surface area contributed by atoms with Crippen LogP contribution in [0.4, 0.5) is 5.82 Å². The highest BCUT2D eigenvalue weighted by atomic mass is 32.1. The Morgan fingerprint density at radius 2 is 1.93 bits per heavy atom. The molecule has 1 aliphatic rings. The topological polar surface area (TPSA) is 85.0 Å². The van der Waals surface area contributed by atoms with E-state index in [9.17, 15) is 4.79 Å². The number of carbonyl (C=O) groups excluding carboxylic acids is 1. The van der Waals surface area contributed by atoms with Gasteiger partial charge in [-0.1, -0.05) is 30.3 Å². The van der Waals surface area contributed by atoms with Crippen molar-refractivity contribution in [1.82, 2.24) is 15.0 Å². The maximum atomic E-state index is 12.1. The number of primary amides is 1.